The number of aliphatic hydroxyl groups excluding tert-OH is 1. The van der Waals surface area contributed by atoms with E-state index in [0.29, 0.717) is 5.92 Å². The molecule has 1 fully saturated rings. The van der Waals surface area contributed by atoms with E-state index in [1.54, 1.807) is 0 Å². The summed E-state index contributed by atoms with van der Waals surface area (Å²) < 4.78 is 1.07. The first kappa shape index (κ1) is 9.93. The summed E-state index contributed by atoms with van der Waals surface area (Å²) in [7, 11) is 0. The second-order valence-electron chi connectivity index (χ2n) is 3.72. The largest absolute Gasteiger partial charge is 0.396 e. The summed E-state index contributed by atoms with van der Waals surface area (Å²) in [5, 5.41) is 8.92. The average Bonchev–Trinajstić information content (AvgIpc) is 2.10. The van der Waals surface area contributed by atoms with E-state index in [1.165, 1.54) is 5.56 Å². The first-order valence-corrected chi connectivity index (χ1v) is 5.48. The number of rotatable bonds is 2. The van der Waals surface area contributed by atoms with Crippen LogP contribution >= 0.6 is 15.9 Å². The Bertz CT molecular complexity index is 337. The van der Waals surface area contributed by atoms with Crippen LogP contribution in [-0.2, 0) is 0 Å². The van der Waals surface area contributed by atoms with E-state index in [1.807, 2.05) is 12.3 Å². The lowest BCUT2D eigenvalue weighted by Crippen LogP contribution is -2.49. The Morgan fingerprint density at radius 1 is 1.64 bits per heavy atom. The van der Waals surface area contributed by atoms with Crippen LogP contribution in [0.25, 0.3) is 0 Å². The number of aryl methyl sites for hydroxylation is 1. The molecule has 1 aromatic rings. The van der Waals surface area contributed by atoms with Crippen molar-refractivity contribution >= 4 is 21.7 Å². The number of halogens is 1. The topological polar surface area (TPSA) is 36.4 Å². The molecule has 3 nitrogen and oxygen atoms in total. The van der Waals surface area contributed by atoms with E-state index in [2.05, 4.69) is 32.7 Å². The number of aliphatic hydroxyl groups is 1. The normalized spacial score (nSPS) is 16.9. The standard InChI is InChI=1S/C10H13BrN2O/c1-7-2-3-12-10(9(7)11)13-4-8(5-13)6-14/h2-3,8,14H,4-6H2,1H3. The highest BCUT2D eigenvalue weighted by atomic mass is 79.9. The number of aromatic nitrogens is 1. The molecule has 14 heavy (non-hydrogen) atoms. The van der Waals surface area contributed by atoms with Crippen molar-refractivity contribution in [3.05, 3.63) is 22.3 Å². The Kier molecular flexibility index (Phi) is 2.74. The third-order valence-electron chi connectivity index (χ3n) is 2.58. The maximum atomic E-state index is 8.92. The number of hydrogen-bond donors (Lipinski definition) is 1. The number of nitrogens with zero attached hydrogens (tertiary/aromatic N) is 2. The van der Waals surface area contributed by atoms with Crippen LogP contribution in [0.5, 0.6) is 0 Å². The van der Waals surface area contributed by atoms with E-state index in [9.17, 15) is 0 Å². The summed E-state index contributed by atoms with van der Waals surface area (Å²) in [6.45, 7) is 4.15. The highest BCUT2D eigenvalue weighted by molar-refractivity contribution is 9.10. The molecule has 0 unspecified atom stereocenters. The van der Waals surface area contributed by atoms with Crippen LogP contribution in [0.1, 0.15) is 5.56 Å². The number of hydrogen-bond acceptors (Lipinski definition) is 3. The van der Waals surface area contributed by atoms with Gasteiger partial charge in [-0.15, -0.1) is 0 Å². The Morgan fingerprint density at radius 2 is 2.36 bits per heavy atom. The van der Waals surface area contributed by atoms with Crippen LogP contribution in [0.15, 0.2) is 16.7 Å². The van der Waals surface area contributed by atoms with Gasteiger partial charge in [0.05, 0.1) is 4.47 Å². The van der Waals surface area contributed by atoms with Gasteiger partial charge in [-0.25, -0.2) is 4.98 Å². The van der Waals surface area contributed by atoms with Crippen molar-refractivity contribution in [2.75, 3.05) is 24.6 Å². The molecule has 1 aromatic heterocycles. The number of pyridine rings is 1. The molecule has 1 N–H and O–H groups in total. The van der Waals surface area contributed by atoms with Crippen molar-refractivity contribution in [2.45, 2.75) is 6.92 Å². The van der Waals surface area contributed by atoms with E-state index in [0.717, 1.165) is 23.4 Å². The Hall–Kier alpha value is -0.610. The van der Waals surface area contributed by atoms with Gasteiger partial charge in [-0.1, -0.05) is 0 Å². The third kappa shape index (κ3) is 1.64. The highest BCUT2D eigenvalue weighted by Gasteiger charge is 2.28. The maximum absolute atomic E-state index is 8.92. The molecule has 0 spiro atoms. The first-order valence-electron chi connectivity index (χ1n) is 4.69. The molecule has 2 heterocycles. The quantitative estimate of drug-likeness (QED) is 0.873. The van der Waals surface area contributed by atoms with Gasteiger partial charge in [-0.05, 0) is 34.5 Å². The monoisotopic (exact) mass is 256 g/mol. The predicted molar refractivity (Wildman–Crippen MR) is 59.5 cm³/mol. The maximum Gasteiger partial charge on any atom is 0.143 e. The van der Waals surface area contributed by atoms with Crippen LogP contribution in [0.2, 0.25) is 0 Å². The van der Waals surface area contributed by atoms with Crippen molar-refractivity contribution in [3.8, 4) is 0 Å². The van der Waals surface area contributed by atoms with Crippen molar-refractivity contribution in [1.29, 1.82) is 0 Å². The lowest BCUT2D eigenvalue weighted by Gasteiger charge is -2.39. The summed E-state index contributed by atoms with van der Waals surface area (Å²) in [4.78, 5) is 6.51. The molecule has 1 saturated heterocycles. The van der Waals surface area contributed by atoms with Crippen LogP contribution < -0.4 is 4.90 Å². The summed E-state index contributed by atoms with van der Waals surface area (Å²) >= 11 is 3.53. The van der Waals surface area contributed by atoms with Crippen LogP contribution in [-0.4, -0.2) is 29.8 Å². The van der Waals surface area contributed by atoms with Crippen LogP contribution in [0, 0.1) is 12.8 Å². The second kappa shape index (κ2) is 3.87. The lowest BCUT2D eigenvalue weighted by molar-refractivity contribution is 0.200. The fourth-order valence-electron chi connectivity index (χ4n) is 1.60. The van der Waals surface area contributed by atoms with Crippen molar-refractivity contribution in [2.24, 2.45) is 5.92 Å². The van der Waals surface area contributed by atoms with Crippen LogP contribution in [0.4, 0.5) is 5.82 Å². The minimum atomic E-state index is 0.278. The molecule has 0 bridgehead atoms. The van der Waals surface area contributed by atoms with Crippen molar-refractivity contribution in [1.82, 2.24) is 4.98 Å². The average molecular weight is 257 g/mol. The Labute approximate surface area is 91.9 Å². The molecule has 0 atom stereocenters. The van der Waals surface area contributed by atoms with E-state index in [-0.39, 0.29) is 6.61 Å². The SMILES string of the molecule is Cc1ccnc(N2CC(CO)C2)c1Br. The van der Waals surface area contributed by atoms with Crippen molar-refractivity contribution < 1.29 is 5.11 Å². The molecule has 0 saturated carbocycles. The zero-order chi connectivity index (χ0) is 10.1. The van der Waals surface area contributed by atoms with Gasteiger partial charge in [0.1, 0.15) is 5.82 Å². The van der Waals surface area contributed by atoms with Gasteiger partial charge in [0.2, 0.25) is 0 Å². The molecule has 0 aliphatic carbocycles. The summed E-state index contributed by atoms with van der Waals surface area (Å²) in [6, 6.07) is 1.98. The van der Waals surface area contributed by atoms with E-state index in [4.69, 9.17) is 5.11 Å². The summed E-state index contributed by atoms with van der Waals surface area (Å²) in [6.07, 6.45) is 1.82. The van der Waals surface area contributed by atoms with Crippen LogP contribution in [0.3, 0.4) is 0 Å². The minimum Gasteiger partial charge on any atom is -0.396 e. The molecular weight excluding hydrogens is 244 g/mol. The molecule has 76 valence electrons. The van der Waals surface area contributed by atoms with E-state index >= 15 is 0 Å². The third-order valence-corrected chi connectivity index (χ3v) is 3.56. The predicted octanol–water partition coefficient (Wildman–Crippen LogP) is 1.58. The second-order valence-corrected chi connectivity index (χ2v) is 4.51. The highest BCUT2D eigenvalue weighted by Crippen LogP contribution is 2.31. The van der Waals surface area contributed by atoms with Gasteiger partial charge >= 0.3 is 0 Å². The van der Waals surface area contributed by atoms with Gasteiger partial charge < -0.3 is 10.0 Å². The van der Waals surface area contributed by atoms with Gasteiger partial charge in [0.25, 0.3) is 0 Å². The fraction of sp³-hybridized carbons (Fsp3) is 0.500. The molecule has 0 radical (unpaired) electrons. The van der Waals surface area contributed by atoms with Gasteiger partial charge in [-0.2, -0.15) is 0 Å². The fourth-order valence-corrected chi connectivity index (χ4v) is 2.09. The van der Waals surface area contributed by atoms with Gasteiger partial charge in [0.15, 0.2) is 0 Å². The molecule has 0 aromatic carbocycles. The molecule has 1 aliphatic heterocycles. The molecule has 4 heteroatoms. The summed E-state index contributed by atoms with van der Waals surface area (Å²) in [5.41, 5.74) is 1.20. The molecule has 0 amide bonds. The smallest absolute Gasteiger partial charge is 0.143 e. The zero-order valence-electron chi connectivity index (χ0n) is 8.07. The molecule has 2 rings (SSSR count). The zero-order valence-corrected chi connectivity index (χ0v) is 9.66. The first-order chi connectivity index (χ1) is 6.72. The van der Waals surface area contributed by atoms with Gasteiger partial charge in [-0.3, -0.25) is 0 Å². The lowest BCUT2D eigenvalue weighted by atomic mass is 10.0. The Balaban J connectivity index is 2.14. The summed E-state index contributed by atoms with van der Waals surface area (Å²) in [5.74, 6) is 1.42. The van der Waals surface area contributed by atoms with E-state index < -0.39 is 0 Å². The van der Waals surface area contributed by atoms with Gasteiger partial charge in [0, 0.05) is 31.8 Å². The number of anilines is 1. The Morgan fingerprint density at radius 3 is 3.00 bits per heavy atom. The molecule has 1 aliphatic rings. The minimum absolute atomic E-state index is 0.278. The molecular formula is C10H13BrN2O. The van der Waals surface area contributed by atoms with Crippen molar-refractivity contribution in [3.63, 3.8) is 0 Å².